The smallest absolute Gasteiger partial charge is 0.0718 e. The van der Waals surface area contributed by atoms with Gasteiger partial charge in [-0.1, -0.05) is 0 Å². The van der Waals surface area contributed by atoms with E-state index in [1.807, 2.05) is 13.8 Å². The second kappa shape index (κ2) is 5.65. The lowest BCUT2D eigenvalue weighted by molar-refractivity contribution is 0.0161. The van der Waals surface area contributed by atoms with Crippen molar-refractivity contribution in [2.75, 3.05) is 52.4 Å². The van der Waals surface area contributed by atoms with Gasteiger partial charge in [-0.15, -0.1) is 0 Å². The molecule has 0 radical (unpaired) electrons. The van der Waals surface area contributed by atoms with E-state index in [0.717, 1.165) is 38.6 Å². The van der Waals surface area contributed by atoms with E-state index in [2.05, 4.69) is 15.1 Å². The number of aliphatic hydroxyl groups is 1. The van der Waals surface area contributed by atoms with Crippen molar-refractivity contribution in [3.63, 3.8) is 0 Å². The number of hydrogen-bond donors (Lipinski definition) is 2. The van der Waals surface area contributed by atoms with Crippen LogP contribution in [0.15, 0.2) is 0 Å². The first-order valence-corrected chi connectivity index (χ1v) is 6.91. The van der Waals surface area contributed by atoms with E-state index in [1.54, 1.807) is 0 Å². The molecule has 0 aromatic carbocycles. The maximum Gasteiger partial charge on any atom is 0.0718 e. The number of hydrogen-bond acceptors (Lipinski definition) is 4. The van der Waals surface area contributed by atoms with Crippen LogP contribution in [0.1, 0.15) is 20.3 Å². The Bertz CT molecular complexity index is 225. The summed E-state index contributed by atoms with van der Waals surface area (Å²) < 4.78 is 0. The van der Waals surface area contributed by atoms with Gasteiger partial charge in [0.2, 0.25) is 0 Å². The van der Waals surface area contributed by atoms with Gasteiger partial charge >= 0.3 is 0 Å². The third-order valence-electron chi connectivity index (χ3n) is 3.75. The van der Waals surface area contributed by atoms with Crippen LogP contribution in [-0.2, 0) is 0 Å². The molecule has 2 aliphatic rings. The predicted molar refractivity (Wildman–Crippen MR) is 70.2 cm³/mol. The van der Waals surface area contributed by atoms with Crippen molar-refractivity contribution in [2.45, 2.75) is 25.9 Å². The van der Waals surface area contributed by atoms with Crippen molar-refractivity contribution in [3.8, 4) is 0 Å². The van der Waals surface area contributed by atoms with Crippen molar-refractivity contribution < 1.29 is 5.11 Å². The zero-order valence-corrected chi connectivity index (χ0v) is 11.3. The monoisotopic (exact) mass is 241 g/mol. The second-order valence-corrected chi connectivity index (χ2v) is 6.25. The summed E-state index contributed by atoms with van der Waals surface area (Å²) in [6.07, 6.45) is 1.34. The van der Waals surface area contributed by atoms with Crippen LogP contribution >= 0.6 is 0 Å². The summed E-state index contributed by atoms with van der Waals surface area (Å²) >= 11 is 0. The van der Waals surface area contributed by atoms with Gasteiger partial charge in [-0.05, 0) is 39.3 Å². The molecule has 2 heterocycles. The Morgan fingerprint density at radius 3 is 2.35 bits per heavy atom. The van der Waals surface area contributed by atoms with Gasteiger partial charge in [-0.3, -0.25) is 4.90 Å². The van der Waals surface area contributed by atoms with Crippen LogP contribution in [0.4, 0.5) is 0 Å². The van der Waals surface area contributed by atoms with Crippen LogP contribution in [0.5, 0.6) is 0 Å². The average Bonchev–Trinajstić information content (AvgIpc) is 2.71. The van der Waals surface area contributed by atoms with E-state index in [0.29, 0.717) is 0 Å². The van der Waals surface area contributed by atoms with Crippen LogP contribution in [0.3, 0.4) is 0 Å². The third-order valence-corrected chi connectivity index (χ3v) is 3.75. The van der Waals surface area contributed by atoms with Crippen LogP contribution in [0.2, 0.25) is 0 Å². The third kappa shape index (κ3) is 4.54. The lowest BCUT2D eigenvalue weighted by atomic mass is 10.1. The predicted octanol–water partition coefficient (Wildman–Crippen LogP) is -0.0156. The molecule has 0 bridgehead atoms. The quantitative estimate of drug-likeness (QED) is 0.726. The van der Waals surface area contributed by atoms with E-state index in [9.17, 15) is 5.11 Å². The van der Waals surface area contributed by atoms with Gasteiger partial charge in [0.25, 0.3) is 0 Å². The number of nitrogens with one attached hydrogen (secondary N) is 1. The second-order valence-electron chi connectivity index (χ2n) is 6.25. The number of rotatable bonds is 4. The summed E-state index contributed by atoms with van der Waals surface area (Å²) in [5.41, 5.74) is -0.558. The number of nitrogens with zero attached hydrogens (tertiary/aromatic N) is 2. The summed E-state index contributed by atoms with van der Waals surface area (Å²) in [4.78, 5) is 4.96. The van der Waals surface area contributed by atoms with Crippen molar-refractivity contribution in [3.05, 3.63) is 0 Å². The zero-order chi connectivity index (χ0) is 12.3. The molecule has 2 aliphatic heterocycles. The Morgan fingerprint density at radius 1 is 1.18 bits per heavy atom. The molecule has 0 aromatic heterocycles. The molecule has 2 rings (SSSR count). The Morgan fingerprint density at radius 2 is 1.82 bits per heavy atom. The molecule has 100 valence electrons. The molecule has 1 atom stereocenters. The van der Waals surface area contributed by atoms with Crippen molar-refractivity contribution in [2.24, 2.45) is 5.92 Å². The molecule has 2 fully saturated rings. The molecule has 4 nitrogen and oxygen atoms in total. The fourth-order valence-electron chi connectivity index (χ4n) is 2.91. The van der Waals surface area contributed by atoms with Crippen LogP contribution < -0.4 is 5.32 Å². The summed E-state index contributed by atoms with van der Waals surface area (Å²) in [7, 11) is 0. The molecular weight excluding hydrogens is 214 g/mol. The summed E-state index contributed by atoms with van der Waals surface area (Å²) in [5.74, 6) is 0.857. The molecule has 17 heavy (non-hydrogen) atoms. The normalized spacial score (nSPS) is 28.8. The Balaban J connectivity index is 1.67. The van der Waals surface area contributed by atoms with Crippen molar-refractivity contribution >= 4 is 0 Å². The molecule has 2 N–H and O–H groups in total. The highest BCUT2D eigenvalue weighted by Gasteiger charge is 2.24. The molecule has 2 saturated heterocycles. The summed E-state index contributed by atoms with van der Waals surface area (Å²) in [6, 6.07) is 0. The molecule has 0 saturated carbocycles. The van der Waals surface area contributed by atoms with Crippen LogP contribution in [-0.4, -0.2) is 72.9 Å². The van der Waals surface area contributed by atoms with Gasteiger partial charge in [0.1, 0.15) is 0 Å². The van der Waals surface area contributed by atoms with Gasteiger partial charge in [0, 0.05) is 39.3 Å². The van der Waals surface area contributed by atoms with Gasteiger partial charge in [-0.2, -0.15) is 0 Å². The topological polar surface area (TPSA) is 38.7 Å². The molecule has 0 aromatic rings. The van der Waals surface area contributed by atoms with E-state index in [-0.39, 0.29) is 0 Å². The average molecular weight is 241 g/mol. The van der Waals surface area contributed by atoms with Crippen molar-refractivity contribution in [1.82, 2.24) is 15.1 Å². The highest BCUT2D eigenvalue weighted by atomic mass is 16.3. The number of piperazine rings is 1. The fraction of sp³-hybridized carbons (Fsp3) is 1.00. The molecule has 0 spiro atoms. The Labute approximate surface area is 105 Å². The SMILES string of the molecule is CC(C)(O)CN1CCN(CC2CCNC2)CC1. The minimum Gasteiger partial charge on any atom is -0.389 e. The maximum atomic E-state index is 9.80. The first kappa shape index (κ1) is 13.3. The molecule has 4 heteroatoms. The Kier molecular flexibility index (Phi) is 4.42. The summed E-state index contributed by atoms with van der Waals surface area (Å²) in [6.45, 7) is 12.8. The fourth-order valence-corrected chi connectivity index (χ4v) is 2.91. The van der Waals surface area contributed by atoms with Crippen LogP contribution in [0.25, 0.3) is 0 Å². The van der Waals surface area contributed by atoms with Crippen molar-refractivity contribution in [1.29, 1.82) is 0 Å². The molecule has 1 unspecified atom stereocenters. The zero-order valence-electron chi connectivity index (χ0n) is 11.3. The van der Waals surface area contributed by atoms with E-state index >= 15 is 0 Å². The van der Waals surface area contributed by atoms with Gasteiger partial charge in [0.05, 0.1) is 5.60 Å². The van der Waals surface area contributed by atoms with Gasteiger partial charge < -0.3 is 15.3 Å². The van der Waals surface area contributed by atoms with Gasteiger partial charge in [0.15, 0.2) is 0 Å². The largest absolute Gasteiger partial charge is 0.389 e. The van der Waals surface area contributed by atoms with E-state index < -0.39 is 5.60 Å². The van der Waals surface area contributed by atoms with E-state index in [4.69, 9.17) is 0 Å². The van der Waals surface area contributed by atoms with Crippen LogP contribution in [0, 0.1) is 5.92 Å². The minimum absolute atomic E-state index is 0.558. The molecule has 0 amide bonds. The van der Waals surface area contributed by atoms with E-state index in [1.165, 1.54) is 26.1 Å². The maximum absolute atomic E-state index is 9.80. The highest BCUT2D eigenvalue weighted by Crippen LogP contribution is 2.13. The molecular formula is C13H27N3O. The lowest BCUT2D eigenvalue weighted by Crippen LogP contribution is -2.51. The highest BCUT2D eigenvalue weighted by molar-refractivity contribution is 4.81. The molecule has 0 aliphatic carbocycles. The van der Waals surface area contributed by atoms with Gasteiger partial charge in [-0.25, -0.2) is 0 Å². The Hall–Kier alpha value is -0.160. The standard InChI is InChI=1S/C13H27N3O/c1-13(2,17)11-16-7-5-15(6-8-16)10-12-3-4-14-9-12/h12,14,17H,3-11H2,1-2H3. The lowest BCUT2D eigenvalue weighted by Gasteiger charge is -2.38. The first-order valence-electron chi connectivity index (χ1n) is 6.91. The minimum atomic E-state index is -0.558. The number of β-amino-alcohol motifs (C(OH)–C–C–N with tert-alkyl or cyclic N) is 1. The summed E-state index contributed by atoms with van der Waals surface area (Å²) in [5, 5.41) is 13.2. The first-order chi connectivity index (χ1) is 8.03.